The molecule has 3 nitrogen and oxygen atoms in total. The second kappa shape index (κ2) is 6.64. The van der Waals surface area contributed by atoms with Gasteiger partial charge in [0.25, 0.3) is 0 Å². The molecule has 0 aliphatic rings. The van der Waals surface area contributed by atoms with Crippen molar-refractivity contribution < 1.29 is 4.74 Å². The lowest BCUT2D eigenvalue weighted by Crippen LogP contribution is -2.05. The number of rotatable bonds is 5. The summed E-state index contributed by atoms with van der Waals surface area (Å²) >= 11 is 3.41. The highest BCUT2D eigenvalue weighted by atomic mass is 79.9. The minimum Gasteiger partial charge on any atom is -0.372 e. The summed E-state index contributed by atoms with van der Waals surface area (Å²) in [6.07, 6.45) is 1.75. The van der Waals surface area contributed by atoms with Gasteiger partial charge in [-0.15, -0.1) is 0 Å². The van der Waals surface area contributed by atoms with Crippen LogP contribution in [0.4, 0.5) is 0 Å². The van der Waals surface area contributed by atoms with Crippen LogP contribution < -0.4 is 5.73 Å². The quantitative estimate of drug-likeness (QED) is 0.923. The van der Waals surface area contributed by atoms with Gasteiger partial charge in [0.1, 0.15) is 0 Å². The summed E-state index contributed by atoms with van der Waals surface area (Å²) in [5, 5.41) is 0. The Labute approximate surface area is 115 Å². The first-order chi connectivity index (χ1) is 8.79. The predicted molar refractivity (Wildman–Crippen MR) is 74.8 cm³/mol. The Balaban J connectivity index is 1.90. The van der Waals surface area contributed by atoms with Crippen LogP contribution in [0.5, 0.6) is 0 Å². The molecule has 2 rings (SSSR count). The van der Waals surface area contributed by atoms with E-state index < -0.39 is 0 Å². The van der Waals surface area contributed by atoms with Gasteiger partial charge in [0.2, 0.25) is 0 Å². The number of ether oxygens (including phenoxy) is 1. The minimum atomic E-state index is 0.442. The topological polar surface area (TPSA) is 48.1 Å². The summed E-state index contributed by atoms with van der Waals surface area (Å²) in [7, 11) is 0. The van der Waals surface area contributed by atoms with Crippen molar-refractivity contribution in [1.29, 1.82) is 0 Å². The molecule has 2 N–H and O–H groups in total. The zero-order chi connectivity index (χ0) is 12.8. The molecular weight excluding hydrogens is 292 g/mol. The molecule has 1 aromatic carbocycles. The van der Waals surface area contributed by atoms with Crippen LogP contribution in [0.3, 0.4) is 0 Å². The third kappa shape index (κ3) is 3.63. The van der Waals surface area contributed by atoms with Crippen LogP contribution >= 0.6 is 15.9 Å². The smallest absolute Gasteiger partial charge is 0.0739 e. The van der Waals surface area contributed by atoms with E-state index in [9.17, 15) is 0 Å². The minimum absolute atomic E-state index is 0.442. The molecular formula is C14H15BrN2O. The van der Waals surface area contributed by atoms with E-state index in [0.29, 0.717) is 19.8 Å². The van der Waals surface area contributed by atoms with Crippen molar-refractivity contribution in [2.45, 2.75) is 19.8 Å². The van der Waals surface area contributed by atoms with E-state index in [-0.39, 0.29) is 0 Å². The first kappa shape index (κ1) is 13.2. The average Bonchev–Trinajstić information content (AvgIpc) is 2.41. The van der Waals surface area contributed by atoms with Crippen LogP contribution in [0.15, 0.2) is 47.1 Å². The zero-order valence-electron chi connectivity index (χ0n) is 9.97. The van der Waals surface area contributed by atoms with E-state index in [1.165, 1.54) is 0 Å². The maximum atomic E-state index is 5.68. The van der Waals surface area contributed by atoms with Crippen LogP contribution in [0.2, 0.25) is 0 Å². The van der Waals surface area contributed by atoms with Gasteiger partial charge in [-0.3, -0.25) is 4.98 Å². The summed E-state index contributed by atoms with van der Waals surface area (Å²) < 4.78 is 6.75. The van der Waals surface area contributed by atoms with Gasteiger partial charge in [-0.25, -0.2) is 0 Å². The molecule has 94 valence electrons. The summed E-state index contributed by atoms with van der Waals surface area (Å²) in [5.41, 5.74) is 8.73. The Morgan fingerprint density at radius 1 is 1.11 bits per heavy atom. The fourth-order valence-electron chi connectivity index (χ4n) is 1.65. The summed E-state index contributed by atoms with van der Waals surface area (Å²) in [6.45, 7) is 1.57. The Morgan fingerprint density at radius 3 is 2.61 bits per heavy atom. The highest BCUT2D eigenvalue weighted by molar-refractivity contribution is 9.10. The number of benzene rings is 1. The van der Waals surface area contributed by atoms with Crippen LogP contribution in [0.1, 0.15) is 16.8 Å². The Kier molecular flexibility index (Phi) is 4.87. The second-order valence-electron chi connectivity index (χ2n) is 3.93. The van der Waals surface area contributed by atoms with Crippen molar-refractivity contribution in [2.75, 3.05) is 0 Å². The number of pyridine rings is 1. The molecule has 0 aliphatic heterocycles. The van der Waals surface area contributed by atoms with E-state index in [2.05, 4.69) is 20.9 Å². The largest absolute Gasteiger partial charge is 0.372 e. The van der Waals surface area contributed by atoms with Gasteiger partial charge in [0.15, 0.2) is 0 Å². The predicted octanol–water partition coefficient (Wildman–Crippen LogP) is 3.02. The van der Waals surface area contributed by atoms with Crippen molar-refractivity contribution in [3.05, 3.63) is 63.9 Å². The van der Waals surface area contributed by atoms with Crippen LogP contribution in [-0.2, 0) is 24.5 Å². The molecule has 0 unspecified atom stereocenters. The monoisotopic (exact) mass is 306 g/mol. The van der Waals surface area contributed by atoms with Crippen molar-refractivity contribution in [3.8, 4) is 0 Å². The van der Waals surface area contributed by atoms with Crippen LogP contribution in [0.25, 0.3) is 0 Å². The highest BCUT2D eigenvalue weighted by Gasteiger charge is 2.01. The second-order valence-corrected chi connectivity index (χ2v) is 4.85. The molecule has 0 atom stereocenters. The van der Waals surface area contributed by atoms with E-state index >= 15 is 0 Å². The lowest BCUT2D eigenvalue weighted by molar-refractivity contribution is 0.106. The molecule has 1 heterocycles. The fraction of sp³-hybridized carbons (Fsp3) is 0.214. The molecule has 0 bridgehead atoms. The Morgan fingerprint density at radius 2 is 1.89 bits per heavy atom. The number of hydrogen-bond donors (Lipinski definition) is 1. The highest BCUT2D eigenvalue weighted by Crippen LogP contribution is 2.12. The molecule has 1 aromatic heterocycles. The fourth-order valence-corrected chi connectivity index (χ4v) is 1.91. The molecule has 0 aliphatic carbocycles. The van der Waals surface area contributed by atoms with Gasteiger partial charge in [0, 0.05) is 22.8 Å². The van der Waals surface area contributed by atoms with Crippen molar-refractivity contribution in [2.24, 2.45) is 5.73 Å². The van der Waals surface area contributed by atoms with E-state index in [0.717, 1.165) is 21.3 Å². The Bertz CT molecular complexity index is 499. The van der Waals surface area contributed by atoms with E-state index in [1.807, 2.05) is 36.4 Å². The number of halogens is 1. The van der Waals surface area contributed by atoms with Gasteiger partial charge in [-0.05, 0) is 23.8 Å². The third-order valence-corrected chi connectivity index (χ3v) is 3.15. The van der Waals surface area contributed by atoms with Gasteiger partial charge < -0.3 is 10.5 Å². The molecule has 18 heavy (non-hydrogen) atoms. The maximum absolute atomic E-state index is 5.68. The normalized spacial score (nSPS) is 10.6. The van der Waals surface area contributed by atoms with Crippen LogP contribution in [0, 0.1) is 0 Å². The summed E-state index contributed by atoms with van der Waals surface area (Å²) in [6, 6.07) is 12.0. The number of nitrogens with zero attached hydrogens (tertiary/aromatic N) is 1. The zero-order valence-corrected chi connectivity index (χ0v) is 11.6. The van der Waals surface area contributed by atoms with E-state index in [1.54, 1.807) is 6.20 Å². The molecule has 0 fully saturated rings. The Hall–Kier alpha value is -1.23. The van der Waals surface area contributed by atoms with Gasteiger partial charge in [-0.2, -0.15) is 0 Å². The summed E-state index contributed by atoms with van der Waals surface area (Å²) in [4.78, 5) is 4.22. The summed E-state index contributed by atoms with van der Waals surface area (Å²) in [5.74, 6) is 0. The van der Waals surface area contributed by atoms with E-state index in [4.69, 9.17) is 10.5 Å². The maximum Gasteiger partial charge on any atom is 0.0739 e. The number of nitrogens with two attached hydrogens (primary N) is 1. The first-order valence-electron chi connectivity index (χ1n) is 5.74. The van der Waals surface area contributed by atoms with Crippen molar-refractivity contribution >= 4 is 15.9 Å². The van der Waals surface area contributed by atoms with Crippen molar-refractivity contribution in [1.82, 2.24) is 4.98 Å². The molecule has 0 saturated heterocycles. The first-order valence-corrected chi connectivity index (χ1v) is 6.54. The lowest BCUT2D eigenvalue weighted by atomic mass is 10.2. The van der Waals surface area contributed by atoms with Gasteiger partial charge in [0.05, 0.1) is 18.9 Å². The standard InChI is InChI=1S/C14H15BrN2O/c15-13-5-3-11(4-6-13)9-18-10-12-2-1-7-17-14(12)8-16/h1-7H,8-10,16H2. The van der Waals surface area contributed by atoms with Gasteiger partial charge >= 0.3 is 0 Å². The number of aromatic nitrogens is 1. The SMILES string of the molecule is NCc1ncccc1COCc1ccc(Br)cc1. The molecule has 0 spiro atoms. The van der Waals surface area contributed by atoms with Crippen molar-refractivity contribution in [3.63, 3.8) is 0 Å². The van der Waals surface area contributed by atoms with Gasteiger partial charge in [-0.1, -0.05) is 34.1 Å². The molecule has 4 heteroatoms. The number of hydrogen-bond acceptors (Lipinski definition) is 3. The molecule has 2 aromatic rings. The molecule has 0 amide bonds. The average molecular weight is 307 g/mol. The molecule has 0 radical (unpaired) electrons. The molecule has 0 saturated carbocycles. The lowest BCUT2D eigenvalue weighted by Gasteiger charge is -2.08. The third-order valence-electron chi connectivity index (χ3n) is 2.62. The van der Waals surface area contributed by atoms with Crippen LogP contribution in [-0.4, -0.2) is 4.98 Å².